The van der Waals surface area contributed by atoms with Crippen molar-refractivity contribution in [1.29, 1.82) is 0 Å². The summed E-state index contributed by atoms with van der Waals surface area (Å²) in [5.41, 5.74) is 1.34. The molecule has 2 N–H and O–H groups in total. The molecule has 0 aliphatic carbocycles. The number of carbonyl (C=O) groups excluding carboxylic acids is 2. The number of non-ortho nitro benzene ring substituents is 2. The van der Waals surface area contributed by atoms with Gasteiger partial charge in [0.15, 0.2) is 0 Å². The molecule has 0 saturated carbocycles. The fraction of sp³-hybridized carbons (Fsp3) is 0.154. The van der Waals surface area contributed by atoms with Gasteiger partial charge in [0.2, 0.25) is 0 Å². The van der Waals surface area contributed by atoms with Crippen LogP contribution in [0.1, 0.15) is 42.3 Å². The van der Waals surface area contributed by atoms with Gasteiger partial charge in [0.1, 0.15) is 5.70 Å². The molecule has 0 saturated heterocycles. The van der Waals surface area contributed by atoms with E-state index in [2.05, 4.69) is 10.6 Å². The summed E-state index contributed by atoms with van der Waals surface area (Å²) in [6.45, 7) is 6.14. The normalized spacial score (nSPS) is 11.5. The largest absolute Gasteiger partial charge is 0.320 e. The summed E-state index contributed by atoms with van der Waals surface area (Å²) >= 11 is 0. The van der Waals surface area contributed by atoms with E-state index in [1.807, 2.05) is 32.9 Å². The number of anilines is 1. The van der Waals surface area contributed by atoms with Gasteiger partial charge >= 0.3 is 0 Å². The van der Waals surface area contributed by atoms with E-state index < -0.39 is 21.7 Å². The van der Waals surface area contributed by atoms with Crippen LogP contribution in [0.4, 0.5) is 17.1 Å². The third-order valence-corrected chi connectivity index (χ3v) is 5.24. The molecule has 10 heteroatoms. The molecule has 3 rings (SSSR count). The predicted octanol–water partition coefficient (Wildman–Crippen LogP) is 5.21. The Morgan fingerprint density at radius 1 is 0.833 bits per heavy atom. The maximum atomic E-state index is 13.1. The molecule has 0 spiro atoms. The van der Waals surface area contributed by atoms with Crippen LogP contribution in [-0.4, -0.2) is 21.7 Å². The summed E-state index contributed by atoms with van der Waals surface area (Å²) < 4.78 is 0. The number of amides is 2. The van der Waals surface area contributed by atoms with Crippen molar-refractivity contribution >= 4 is 35.0 Å². The Morgan fingerprint density at radius 2 is 1.44 bits per heavy atom. The third kappa shape index (κ3) is 6.60. The maximum absolute atomic E-state index is 13.1. The smallest absolute Gasteiger partial charge is 0.272 e. The minimum Gasteiger partial charge on any atom is -0.320 e. The molecular weight excluding hydrogens is 464 g/mol. The number of carbonyl (C=O) groups is 2. The lowest BCUT2D eigenvalue weighted by atomic mass is 9.87. The molecule has 0 unspecified atom stereocenters. The zero-order valence-corrected chi connectivity index (χ0v) is 19.8. The molecule has 3 aromatic carbocycles. The van der Waals surface area contributed by atoms with Gasteiger partial charge in [-0.2, -0.15) is 0 Å². The number of hydrogen-bond donors (Lipinski definition) is 2. The van der Waals surface area contributed by atoms with E-state index in [9.17, 15) is 29.8 Å². The Hall–Kier alpha value is -4.86. The zero-order chi connectivity index (χ0) is 26.5. The molecule has 10 nitrogen and oxygen atoms in total. The molecule has 2 amide bonds. The Morgan fingerprint density at radius 3 is 2.00 bits per heavy atom. The SMILES string of the molecule is CC(C)(C)c1ccc(C(=O)NC(=Cc2ccc([N+](=O)[O-])cc2)C(=O)Nc2cccc([N+](=O)[O-])c2)cc1. The Kier molecular flexibility index (Phi) is 7.58. The highest BCUT2D eigenvalue weighted by Gasteiger charge is 2.18. The summed E-state index contributed by atoms with van der Waals surface area (Å²) in [4.78, 5) is 46.8. The molecule has 0 heterocycles. The molecule has 3 aromatic rings. The summed E-state index contributed by atoms with van der Waals surface area (Å²) in [5, 5.41) is 27.1. The van der Waals surface area contributed by atoms with Gasteiger partial charge in [-0.1, -0.05) is 39.0 Å². The second-order valence-corrected chi connectivity index (χ2v) is 8.95. The van der Waals surface area contributed by atoms with Gasteiger partial charge in [0.05, 0.1) is 9.85 Å². The van der Waals surface area contributed by atoms with E-state index in [1.54, 1.807) is 12.1 Å². The van der Waals surface area contributed by atoms with E-state index in [1.165, 1.54) is 54.6 Å². The first-order chi connectivity index (χ1) is 16.9. The topological polar surface area (TPSA) is 144 Å². The summed E-state index contributed by atoms with van der Waals surface area (Å²) in [5.74, 6) is -1.27. The highest BCUT2D eigenvalue weighted by Crippen LogP contribution is 2.23. The molecule has 0 aliphatic heterocycles. The number of rotatable bonds is 7. The van der Waals surface area contributed by atoms with Gasteiger partial charge in [0, 0.05) is 35.5 Å². The first-order valence-corrected chi connectivity index (χ1v) is 10.9. The van der Waals surface area contributed by atoms with Crippen molar-refractivity contribution in [3.05, 3.63) is 115 Å². The van der Waals surface area contributed by atoms with Crippen molar-refractivity contribution in [2.24, 2.45) is 0 Å². The van der Waals surface area contributed by atoms with Crippen molar-refractivity contribution in [3.63, 3.8) is 0 Å². The summed E-state index contributed by atoms with van der Waals surface area (Å²) in [6.07, 6.45) is 1.36. The van der Waals surface area contributed by atoms with Gasteiger partial charge in [-0.15, -0.1) is 0 Å². The highest BCUT2D eigenvalue weighted by atomic mass is 16.6. The molecular formula is C26H24N4O6. The van der Waals surface area contributed by atoms with E-state index in [-0.39, 0.29) is 28.2 Å². The fourth-order valence-corrected chi connectivity index (χ4v) is 3.23. The molecule has 0 radical (unpaired) electrons. The molecule has 0 aliphatic rings. The Bertz CT molecular complexity index is 1340. The lowest BCUT2D eigenvalue weighted by molar-refractivity contribution is -0.385. The molecule has 0 atom stereocenters. The van der Waals surface area contributed by atoms with Crippen LogP contribution in [-0.2, 0) is 10.2 Å². The van der Waals surface area contributed by atoms with Crippen molar-refractivity contribution in [2.45, 2.75) is 26.2 Å². The predicted molar refractivity (Wildman–Crippen MR) is 135 cm³/mol. The van der Waals surface area contributed by atoms with E-state index in [0.29, 0.717) is 11.1 Å². The van der Waals surface area contributed by atoms with Crippen LogP contribution in [0.15, 0.2) is 78.5 Å². The number of benzene rings is 3. The first-order valence-electron chi connectivity index (χ1n) is 10.9. The van der Waals surface area contributed by atoms with Crippen molar-refractivity contribution in [3.8, 4) is 0 Å². The summed E-state index contributed by atoms with van der Waals surface area (Å²) in [6, 6.07) is 17.7. The van der Waals surface area contributed by atoms with Crippen LogP contribution in [0.3, 0.4) is 0 Å². The number of nitro benzene ring substituents is 2. The quantitative estimate of drug-likeness (QED) is 0.265. The molecule has 0 fully saturated rings. The van der Waals surface area contributed by atoms with Crippen molar-refractivity contribution in [1.82, 2.24) is 5.32 Å². The minimum atomic E-state index is -0.728. The average Bonchev–Trinajstić information content (AvgIpc) is 2.83. The van der Waals surface area contributed by atoms with Gasteiger partial charge in [0.25, 0.3) is 23.2 Å². The highest BCUT2D eigenvalue weighted by molar-refractivity contribution is 6.10. The maximum Gasteiger partial charge on any atom is 0.272 e. The minimum absolute atomic E-state index is 0.103. The van der Waals surface area contributed by atoms with Crippen LogP contribution in [0, 0.1) is 20.2 Å². The molecule has 0 aromatic heterocycles. The van der Waals surface area contributed by atoms with E-state index in [4.69, 9.17) is 0 Å². The van der Waals surface area contributed by atoms with Crippen LogP contribution >= 0.6 is 0 Å². The van der Waals surface area contributed by atoms with Crippen molar-refractivity contribution < 1.29 is 19.4 Å². The van der Waals surface area contributed by atoms with Crippen LogP contribution < -0.4 is 10.6 Å². The number of nitrogens with zero attached hydrogens (tertiary/aromatic N) is 2. The molecule has 0 bridgehead atoms. The van der Waals surface area contributed by atoms with Gasteiger partial charge < -0.3 is 10.6 Å². The second kappa shape index (κ2) is 10.6. The first kappa shape index (κ1) is 25.8. The lowest BCUT2D eigenvalue weighted by Crippen LogP contribution is -2.30. The number of nitrogens with one attached hydrogen (secondary N) is 2. The molecule has 36 heavy (non-hydrogen) atoms. The molecule has 184 valence electrons. The van der Waals surface area contributed by atoms with Gasteiger partial charge in [-0.25, -0.2) is 0 Å². The standard InChI is InChI=1S/C26H24N4O6/c1-26(2,3)19-11-9-18(10-12-19)24(31)28-23(15-17-7-13-21(14-8-17)29(33)34)25(32)27-20-5-4-6-22(16-20)30(35)36/h4-16H,1-3H3,(H,27,32)(H,28,31). The second-order valence-electron chi connectivity index (χ2n) is 8.95. The van der Waals surface area contributed by atoms with Gasteiger partial charge in [-0.05, 0) is 52.9 Å². The Balaban J connectivity index is 1.91. The van der Waals surface area contributed by atoms with Crippen LogP contribution in [0.25, 0.3) is 6.08 Å². The van der Waals surface area contributed by atoms with Crippen LogP contribution in [0.5, 0.6) is 0 Å². The average molecular weight is 489 g/mol. The fourth-order valence-electron chi connectivity index (χ4n) is 3.23. The Labute approximate surface area is 207 Å². The number of hydrogen-bond acceptors (Lipinski definition) is 6. The van der Waals surface area contributed by atoms with E-state index >= 15 is 0 Å². The number of nitro groups is 2. The van der Waals surface area contributed by atoms with Crippen LogP contribution in [0.2, 0.25) is 0 Å². The zero-order valence-electron chi connectivity index (χ0n) is 19.8. The van der Waals surface area contributed by atoms with Crippen molar-refractivity contribution in [2.75, 3.05) is 5.32 Å². The summed E-state index contributed by atoms with van der Waals surface area (Å²) in [7, 11) is 0. The monoisotopic (exact) mass is 488 g/mol. The lowest BCUT2D eigenvalue weighted by Gasteiger charge is -2.19. The third-order valence-electron chi connectivity index (χ3n) is 5.24. The van der Waals surface area contributed by atoms with E-state index in [0.717, 1.165) is 5.56 Å². The van der Waals surface area contributed by atoms with Gasteiger partial charge in [-0.3, -0.25) is 29.8 Å².